The van der Waals surface area contributed by atoms with Gasteiger partial charge in [-0.3, -0.25) is 14.9 Å². The van der Waals surface area contributed by atoms with E-state index in [9.17, 15) is 14.9 Å². The molecular weight excluding hydrogens is 184 g/mol. The van der Waals surface area contributed by atoms with E-state index in [0.717, 1.165) is 0 Å². The van der Waals surface area contributed by atoms with Crippen LogP contribution in [0.5, 0.6) is 0 Å². The molecule has 2 N–H and O–H groups in total. The van der Waals surface area contributed by atoms with Gasteiger partial charge in [-0.15, -0.1) is 0 Å². The van der Waals surface area contributed by atoms with Crippen LogP contribution in [0.3, 0.4) is 0 Å². The monoisotopic (exact) mass is 192 g/mol. The van der Waals surface area contributed by atoms with Crippen LogP contribution in [0.4, 0.5) is 5.69 Å². The van der Waals surface area contributed by atoms with Crippen LogP contribution in [-0.4, -0.2) is 10.7 Å². The van der Waals surface area contributed by atoms with Crippen molar-refractivity contribution in [2.75, 3.05) is 0 Å². The molecule has 72 valence electrons. The van der Waals surface area contributed by atoms with E-state index in [4.69, 9.17) is 5.73 Å². The number of non-ortho nitro benzene ring substituents is 1. The van der Waals surface area contributed by atoms with Crippen molar-refractivity contribution in [1.29, 1.82) is 0 Å². The van der Waals surface area contributed by atoms with Crippen molar-refractivity contribution < 1.29 is 9.72 Å². The molecule has 0 aromatic heterocycles. The molecule has 5 nitrogen and oxygen atoms in total. The molecule has 14 heavy (non-hydrogen) atoms. The lowest BCUT2D eigenvalue weighted by Crippen LogP contribution is -2.05. The minimum Gasteiger partial charge on any atom is -0.324 e. The van der Waals surface area contributed by atoms with Gasteiger partial charge in [-0.25, -0.2) is 0 Å². The fraction of sp³-hybridized carbons (Fsp3) is 0.222. The summed E-state index contributed by atoms with van der Waals surface area (Å²) >= 11 is 0. The van der Waals surface area contributed by atoms with E-state index >= 15 is 0 Å². The van der Waals surface area contributed by atoms with Crippen LogP contribution in [0.25, 0.3) is 0 Å². The zero-order valence-electron chi connectivity index (χ0n) is 7.27. The minimum absolute atomic E-state index is 0.0637. The quantitative estimate of drug-likeness (QED) is 0.534. The van der Waals surface area contributed by atoms with Gasteiger partial charge in [-0.05, 0) is 11.6 Å². The maximum Gasteiger partial charge on any atom is 0.270 e. The summed E-state index contributed by atoms with van der Waals surface area (Å²) in [6.07, 6.45) is 0.247. The summed E-state index contributed by atoms with van der Waals surface area (Å²) in [5.74, 6) is -0.115. The number of rotatable bonds is 1. The molecule has 0 aliphatic heterocycles. The highest BCUT2D eigenvalue weighted by atomic mass is 16.6. The van der Waals surface area contributed by atoms with Crippen molar-refractivity contribution in [2.24, 2.45) is 5.73 Å². The van der Waals surface area contributed by atoms with E-state index in [-0.39, 0.29) is 23.9 Å². The van der Waals surface area contributed by atoms with E-state index in [1.54, 1.807) is 6.07 Å². The highest BCUT2D eigenvalue weighted by Crippen LogP contribution is 2.31. The van der Waals surface area contributed by atoms with Crippen molar-refractivity contribution in [2.45, 2.75) is 12.5 Å². The summed E-state index contributed by atoms with van der Waals surface area (Å²) in [6, 6.07) is 3.92. The number of nitro groups is 1. The molecule has 0 heterocycles. The zero-order chi connectivity index (χ0) is 10.3. The van der Waals surface area contributed by atoms with E-state index in [2.05, 4.69) is 0 Å². The lowest BCUT2D eigenvalue weighted by Gasteiger charge is -2.01. The number of ketones is 1. The first-order valence-electron chi connectivity index (χ1n) is 4.16. The second kappa shape index (κ2) is 2.88. The van der Waals surface area contributed by atoms with Gasteiger partial charge in [0, 0.05) is 30.2 Å². The van der Waals surface area contributed by atoms with Crippen LogP contribution in [-0.2, 0) is 0 Å². The molecule has 1 aromatic rings. The van der Waals surface area contributed by atoms with Crippen molar-refractivity contribution >= 4 is 11.5 Å². The van der Waals surface area contributed by atoms with Crippen molar-refractivity contribution in [3.05, 3.63) is 39.4 Å². The number of Topliss-reactive ketones (excluding diaryl/α,β-unsaturated/α-hetero) is 1. The Balaban J connectivity index is 2.55. The third-order valence-electron chi connectivity index (χ3n) is 2.35. The third-order valence-corrected chi connectivity index (χ3v) is 2.35. The molecule has 0 spiro atoms. The molecule has 1 atom stereocenters. The normalized spacial score (nSPS) is 19.5. The predicted octanol–water partition coefficient (Wildman–Crippen LogP) is 1.18. The number of carbonyl (C=O) groups excluding carboxylic acids is 1. The average molecular weight is 192 g/mol. The number of nitrogens with zero attached hydrogens (tertiary/aromatic N) is 1. The number of hydrogen-bond acceptors (Lipinski definition) is 4. The molecule has 0 amide bonds. The standard InChI is InChI=1S/C9H8N2O3/c10-8-4-9(12)7-3-5(11(13)14)1-2-6(7)8/h1-3,8H,4,10H2. The number of nitro benzene ring substituents is 1. The minimum atomic E-state index is -0.516. The van der Waals surface area contributed by atoms with Gasteiger partial charge in [-0.2, -0.15) is 0 Å². The second-order valence-electron chi connectivity index (χ2n) is 3.26. The molecule has 0 radical (unpaired) electrons. The summed E-state index contributed by atoms with van der Waals surface area (Å²) in [5.41, 5.74) is 6.71. The van der Waals surface area contributed by atoms with Crippen molar-refractivity contribution in [3.63, 3.8) is 0 Å². The van der Waals surface area contributed by atoms with Gasteiger partial charge in [0.15, 0.2) is 5.78 Å². The molecule has 1 aliphatic carbocycles. The van der Waals surface area contributed by atoms with Crippen LogP contribution in [0.2, 0.25) is 0 Å². The summed E-state index contributed by atoms with van der Waals surface area (Å²) in [7, 11) is 0. The molecule has 2 rings (SSSR count). The number of benzene rings is 1. The van der Waals surface area contributed by atoms with Crippen molar-refractivity contribution in [1.82, 2.24) is 0 Å². The predicted molar refractivity (Wildman–Crippen MR) is 49.0 cm³/mol. The van der Waals surface area contributed by atoms with Crippen LogP contribution >= 0.6 is 0 Å². The van der Waals surface area contributed by atoms with Crippen LogP contribution in [0.1, 0.15) is 28.4 Å². The third kappa shape index (κ3) is 1.18. The summed E-state index contributed by atoms with van der Waals surface area (Å²) in [4.78, 5) is 21.3. The molecule has 0 bridgehead atoms. The lowest BCUT2D eigenvalue weighted by molar-refractivity contribution is -0.384. The molecular formula is C9H8N2O3. The molecule has 1 unspecified atom stereocenters. The second-order valence-corrected chi connectivity index (χ2v) is 3.26. The van der Waals surface area contributed by atoms with Gasteiger partial charge in [0.25, 0.3) is 5.69 Å². The molecule has 0 fully saturated rings. The maximum atomic E-state index is 11.3. The van der Waals surface area contributed by atoms with Gasteiger partial charge in [0.2, 0.25) is 0 Å². The topological polar surface area (TPSA) is 86.2 Å². The van der Waals surface area contributed by atoms with Gasteiger partial charge < -0.3 is 5.73 Å². The SMILES string of the molecule is NC1CC(=O)c2cc([N+](=O)[O-])ccc21. The Morgan fingerprint density at radius 1 is 1.50 bits per heavy atom. The van der Waals surface area contributed by atoms with Crippen LogP contribution in [0, 0.1) is 10.1 Å². The van der Waals surface area contributed by atoms with E-state index in [0.29, 0.717) is 11.1 Å². The first-order valence-corrected chi connectivity index (χ1v) is 4.16. The zero-order valence-corrected chi connectivity index (χ0v) is 7.27. The van der Waals surface area contributed by atoms with E-state index in [1.807, 2.05) is 0 Å². The molecule has 0 saturated carbocycles. The van der Waals surface area contributed by atoms with Gasteiger partial charge in [-0.1, -0.05) is 0 Å². The molecule has 0 saturated heterocycles. The summed E-state index contributed by atoms with van der Waals surface area (Å²) < 4.78 is 0. The highest BCUT2D eigenvalue weighted by molar-refractivity contribution is 6.01. The Labute approximate surface area is 79.7 Å². The Hall–Kier alpha value is -1.75. The Kier molecular flexibility index (Phi) is 1.82. The van der Waals surface area contributed by atoms with Gasteiger partial charge >= 0.3 is 0 Å². The largest absolute Gasteiger partial charge is 0.324 e. The number of nitrogens with two attached hydrogens (primary N) is 1. The van der Waals surface area contributed by atoms with E-state index in [1.165, 1.54) is 12.1 Å². The smallest absolute Gasteiger partial charge is 0.270 e. The van der Waals surface area contributed by atoms with Crippen LogP contribution < -0.4 is 5.73 Å². The number of carbonyl (C=O) groups is 1. The summed E-state index contributed by atoms with van der Waals surface area (Å²) in [6.45, 7) is 0. The molecule has 1 aromatic carbocycles. The Morgan fingerprint density at radius 3 is 2.86 bits per heavy atom. The Morgan fingerprint density at radius 2 is 2.21 bits per heavy atom. The van der Waals surface area contributed by atoms with Gasteiger partial charge in [0.1, 0.15) is 0 Å². The van der Waals surface area contributed by atoms with Crippen molar-refractivity contribution in [3.8, 4) is 0 Å². The average Bonchev–Trinajstić information content (AvgIpc) is 2.42. The molecule has 1 aliphatic rings. The number of hydrogen-bond donors (Lipinski definition) is 1. The first-order chi connectivity index (χ1) is 6.59. The van der Waals surface area contributed by atoms with Gasteiger partial charge in [0.05, 0.1) is 4.92 Å². The summed E-state index contributed by atoms with van der Waals surface area (Å²) in [5, 5.41) is 10.5. The Bertz CT molecular complexity index is 428. The lowest BCUT2D eigenvalue weighted by atomic mass is 10.1. The fourth-order valence-electron chi connectivity index (χ4n) is 1.64. The highest BCUT2D eigenvalue weighted by Gasteiger charge is 2.28. The number of fused-ring (bicyclic) bond motifs is 1. The van der Waals surface area contributed by atoms with E-state index < -0.39 is 4.92 Å². The fourth-order valence-corrected chi connectivity index (χ4v) is 1.64. The van der Waals surface area contributed by atoms with Crippen LogP contribution in [0.15, 0.2) is 18.2 Å². The maximum absolute atomic E-state index is 11.3. The first kappa shape index (κ1) is 8.83. The molecule has 5 heteroatoms.